The lowest BCUT2D eigenvalue weighted by Gasteiger charge is -2.46. The summed E-state index contributed by atoms with van der Waals surface area (Å²) in [6, 6.07) is 0. The molecule has 0 atom stereocenters. The van der Waals surface area contributed by atoms with Crippen molar-refractivity contribution < 1.29 is 4.74 Å². The van der Waals surface area contributed by atoms with Gasteiger partial charge in [-0.3, -0.25) is 4.79 Å². The summed E-state index contributed by atoms with van der Waals surface area (Å²) < 4.78 is 5.44. The predicted molar refractivity (Wildman–Crippen MR) is 86.1 cm³/mol. The van der Waals surface area contributed by atoms with Crippen LogP contribution in [0, 0.1) is 12.3 Å². The third-order valence-corrected chi connectivity index (χ3v) is 5.05. The normalized spacial score (nSPS) is 19.0. The quantitative estimate of drug-likeness (QED) is 0.858. The van der Waals surface area contributed by atoms with Crippen molar-refractivity contribution in [2.24, 2.45) is 5.41 Å². The Kier molecular flexibility index (Phi) is 3.31. The van der Waals surface area contributed by atoms with Crippen molar-refractivity contribution in [1.29, 1.82) is 0 Å². The van der Waals surface area contributed by atoms with Gasteiger partial charge in [-0.05, 0) is 56.1 Å². The maximum atomic E-state index is 12.4. The van der Waals surface area contributed by atoms with E-state index in [0.717, 1.165) is 35.2 Å². The lowest BCUT2D eigenvalue weighted by atomic mass is 9.59. The number of nitrogens with one attached hydrogen (secondary N) is 1. The second kappa shape index (κ2) is 4.90. The van der Waals surface area contributed by atoms with Crippen molar-refractivity contribution in [2.45, 2.75) is 46.0 Å². The molecule has 1 fully saturated rings. The Morgan fingerprint density at radius 3 is 2.67 bits per heavy atom. The predicted octanol–water partition coefficient (Wildman–Crippen LogP) is 3.82. The van der Waals surface area contributed by atoms with Gasteiger partial charge in [-0.25, -0.2) is 0 Å². The molecule has 0 aromatic carbocycles. The number of aromatic amines is 1. The lowest BCUT2D eigenvalue weighted by Crippen LogP contribution is -2.37. The molecule has 0 saturated heterocycles. The largest absolute Gasteiger partial charge is 0.494 e. The standard InChI is InChI=1S/C18H23NO2/c1-5-21-13(4)16-12(3)15-11(2)9-18(7-6-8-18)10-14(15)19-17(16)20/h2,4-10H2,1,3H3,(H,19,20). The molecule has 2 aliphatic carbocycles. The van der Waals surface area contributed by atoms with Gasteiger partial charge in [0.15, 0.2) is 0 Å². The van der Waals surface area contributed by atoms with Gasteiger partial charge in [-0.2, -0.15) is 0 Å². The highest BCUT2D eigenvalue weighted by atomic mass is 16.5. The summed E-state index contributed by atoms with van der Waals surface area (Å²) in [6.07, 6.45) is 5.82. The first kappa shape index (κ1) is 14.2. The van der Waals surface area contributed by atoms with Gasteiger partial charge >= 0.3 is 0 Å². The first-order valence-electron chi connectivity index (χ1n) is 7.73. The fraction of sp³-hybridized carbons (Fsp3) is 0.500. The van der Waals surface area contributed by atoms with Gasteiger partial charge in [-0.15, -0.1) is 0 Å². The van der Waals surface area contributed by atoms with Gasteiger partial charge in [0, 0.05) is 11.3 Å². The van der Waals surface area contributed by atoms with E-state index in [1.165, 1.54) is 19.3 Å². The van der Waals surface area contributed by atoms with Crippen LogP contribution in [-0.2, 0) is 11.2 Å². The summed E-state index contributed by atoms with van der Waals surface area (Å²) in [4.78, 5) is 15.5. The highest BCUT2D eigenvalue weighted by molar-refractivity contribution is 5.75. The highest BCUT2D eigenvalue weighted by Crippen LogP contribution is 2.53. The third-order valence-electron chi connectivity index (χ3n) is 5.05. The molecule has 1 aromatic heterocycles. The van der Waals surface area contributed by atoms with Crippen LogP contribution in [-0.4, -0.2) is 11.6 Å². The number of allylic oxidation sites excluding steroid dienone is 1. The van der Waals surface area contributed by atoms with E-state index in [9.17, 15) is 4.79 Å². The Morgan fingerprint density at radius 2 is 2.10 bits per heavy atom. The van der Waals surface area contributed by atoms with Gasteiger partial charge < -0.3 is 9.72 Å². The van der Waals surface area contributed by atoms with Gasteiger partial charge in [0.2, 0.25) is 0 Å². The number of pyridine rings is 1. The molecule has 0 bridgehead atoms. The Bertz CT molecular complexity index is 677. The molecule has 1 heterocycles. The molecule has 1 aromatic rings. The topological polar surface area (TPSA) is 42.1 Å². The Balaban J connectivity index is 2.10. The molecule has 1 spiro atoms. The first-order chi connectivity index (χ1) is 9.97. The molecule has 3 rings (SSSR count). The van der Waals surface area contributed by atoms with E-state index in [-0.39, 0.29) is 5.56 Å². The zero-order valence-corrected chi connectivity index (χ0v) is 13.0. The molecule has 3 heteroatoms. The van der Waals surface area contributed by atoms with Crippen LogP contribution in [0.2, 0.25) is 0 Å². The molecule has 3 nitrogen and oxygen atoms in total. The monoisotopic (exact) mass is 285 g/mol. The van der Waals surface area contributed by atoms with Crippen LogP contribution >= 0.6 is 0 Å². The third kappa shape index (κ3) is 2.15. The minimum Gasteiger partial charge on any atom is -0.494 e. The van der Waals surface area contributed by atoms with E-state index in [1.54, 1.807) is 0 Å². The SMILES string of the molecule is C=C1CC2(CCC2)Cc2[nH]c(=O)c(C(=C)OCC)c(C)c21. The van der Waals surface area contributed by atoms with E-state index in [1.807, 2.05) is 13.8 Å². The van der Waals surface area contributed by atoms with Crippen molar-refractivity contribution in [3.8, 4) is 0 Å². The fourth-order valence-electron chi connectivity index (χ4n) is 3.99. The van der Waals surface area contributed by atoms with Crippen molar-refractivity contribution in [2.75, 3.05) is 6.61 Å². The molecule has 0 aliphatic heterocycles. The summed E-state index contributed by atoms with van der Waals surface area (Å²) in [6.45, 7) is 12.6. The van der Waals surface area contributed by atoms with Crippen LogP contribution < -0.4 is 5.56 Å². The molecule has 112 valence electrons. The number of hydrogen-bond acceptors (Lipinski definition) is 2. The van der Waals surface area contributed by atoms with Gasteiger partial charge in [0.05, 0.1) is 12.2 Å². The van der Waals surface area contributed by atoms with Gasteiger partial charge in [-0.1, -0.05) is 19.6 Å². The maximum Gasteiger partial charge on any atom is 0.259 e. The molecular formula is C18H23NO2. The number of H-pyrrole nitrogens is 1. The van der Waals surface area contributed by atoms with Gasteiger partial charge in [0.1, 0.15) is 5.76 Å². The van der Waals surface area contributed by atoms with Crippen LogP contribution in [0.3, 0.4) is 0 Å². The molecular weight excluding hydrogens is 262 g/mol. The average Bonchev–Trinajstić information content (AvgIpc) is 2.35. The second-order valence-electron chi connectivity index (χ2n) is 6.47. The number of rotatable bonds is 3. The minimum atomic E-state index is -0.0890. The van der Waals surface area contributed by atoms with Crippen molar-refractivity contribution in [1.82, 2.24) is 4.98 Å². The molecule has 1 N–H and O–H groups in total. The molecule has 0 amide bonds. The number of hydrogen-bond donors (Lipinski definition) is 1. The summed E-state index contributed by atoms with van der Waals surface area (Å²) in [5.41, 5.74) is 5.14. The van der Waals surface area contributed by atoms with Crippen molar-refractivity contribution >= 4 is 11.3 Å². The molecule has 21 heavy (non-hydrogen) atoms. The zero-order valence-electron chi connectivity index (χ0n) is 13.0. The van der Waals surface area contributed by atoms with Crippen LogP contribution in [0.15, 0.2) is 18.0 Å². The average molecular weight is 285 g/mol. The maximum absolute atomic E-state index is 12.4. The van der Waals surface area contributed by atoms with Crippen molar-refractivity contribution in [3.05, 3.63) is 45.9 Å². The minimum absolute atomic E-state index is 0.0890. The number of ether oxygens (including phenoxy) is 1. The summed E-state index contributed by atoms with van der Waals surface area (Å²) in [5.74, 6) is 0.454. The first-order valence-corrected chi connectivity index (χ1v) is 7.73. The summed E-state index contributed by atoms with van der Waals surface area (Å²) in [7, 11) is 0. The fourth-order valence-corrected chi connectivity index (χ4v) is 3.99. The Hall–Kier alpha value is -1.77. The second-order valence-corrected chi connectivity index (χ2v) is 6.47. The smallest absolute Gasteiger partial charge is 0.259 e. The Labute approximate surface area is 125 Å². The van der Waals surface area contributed by atoms with Crippen molar-refractivity contribution in [3.63, 3.8) is 0 Å². The van der Waals surface area contributed by atoms with Crippen LogP contribution in [0.4, 0.5) is 0 Å². The molecule has 1 saturated carbocycles. The summed E-state index contributed by atoms with van der Waals surface area (Å²) >= 11 is 0. The molecule has 0 radical (unpaired) electrons. The van der Waals surface area contributed by atoms with E-state index in [0.29, 0.717) is 23.3 Å². The van der Waals surface area contributed by atoms with E-state index in [4.69, 9.17) is 4.74 Å². The number of aromatic nitrogens is 1. The van der Waals surface area contributed by atoms with Crippen LogP contribution in [0.1, 0.15) is 55.0 Å². The van der Waals surface area contributed by atoms with E-state index in [2.05, 4.69) is 18.1 Å². The van der Waals surface area contributed by atoms with E-state index >= 15 is 0 Å². The highest BCUT2D eigenvalue weighted by Gasteiger charge is 2.42. The number of fused-ring (bicyclic) bond motifs is 1. The molecule has 0 unspecified atom stereocenters. The lowest BCUT2D eigenvalue weighted by molar-refractivity contribution is 0.134. The van der Waals surface area contributed by atoms with Gasteiger partial charge in [0.25, 0.3) is 5.56 Å². The van der Waals surface area contributed by atoms with Crippen LogP contribution in [0.5, 0.6) is 0 Å². The summed E-state index contributed by atoms with van der Waals surface area (Å²) in [5, 5.41) is 0. The molecule has 2 aliphatic rings. The Morgan fingerprint density at radius 1 is 1.38 bits per heavy atom. The zero-order chi connectivity index (χ0) is 15.2. The van der Waals surface area contributed by atoms with E-state index < -0.39 is 0 Å². The van der Waals surface area contributed by atoms with Crippen LogP contribution in [0.25, 0.3) is 11.3 Å².